The fourth-order valence-corrected chi connectivity index (χ4v) is 1.33. The highest BCUT2D eigenvalue weighted by Gasteiger charge is 2.38. The van der Waals surface area contributed by atoms with Crippen LogP contribution in [0.1, 0.15) is 13.3 Å². The number of alkyl halides is 2. The van der Waals surface area contributed by atoms with Gasteiger partial charge in [-0.1, -0.05) is 0 Å². The molecule has 84 valence electrons. The number of hydrogen-bond donors (Lipinski definition) is 0. The number of hydrogen-bond acceptors (Lipinski definition) is 4. The Balaban J connectivity index is 4.27. The van der Waals surface area contributed by atoms with Gasteiger partial charge in [0, 0.05) is 0 Å². The fraction of sp³-hybridized carbons (Fsp3) is 0.833. The van der Waals surface area contributed by atoms with Gasteiger partial charge in [0.05, 0.1) is 6.61 Å². The number of carbonyl (C=O) groups is 1. The Morgan fingerprint density at radius 2 is 1.93 bits per heavy atom. The molecule has 0 amide bonds. The summed E-state index contributed by atoms with van der Waals surface area (Å²) < 4.78 is 60.9. The number of carbonyl (C=O) groups excluding carboxylic acids is 1. The minimum atomic E-state index is -5.30. The molecule has 0 fully saturated rings. The smallest absolute Gasteiger partial charge is 0.311 e. The third kappa shape index (κ3) is 6.70. The molecule has 0 aliphatic rings. The van der Waals surface area contributed by atoms with Gasteiger partial charge >= 0.3 is 16.2 Å². The standard InChI is InChI=1S/C6H9F3O4S/c1-2-13-5(10)3-6(7,8)4-14(9,11)12/h2-4H2,1H3. The van der Waals surface area contributed by atoms with Crippen molar-refractivity contribution in [3.63, 3.8) is 0 Å². The molecule has 4 nitrogen and oxygen atoms in total. The van der Waals surface area contributed by atoms with E-state index < -0.39 is 34.3 Å². The second-order valence-corrected chi connectivity index (χ2v) is 3.89. The van der Waals surface area contributed by atoms with E-state index in [4.69, 9.17) is 0 Å². The highest BCUT2D eigenvalue weighted by Crippen LogP contribution is 2.21. The quantitative estimate of drug-likeness (QED) is 0.523. The van der Waals surface area contributed by atoms with Crippen LogP contribution < -0.4 is 0 Å². The van der Waals surface area contributed by atoms with Crippen molar-refractivity contribution in [3.05, 3.63) is 0 Å². The third-order valence-corrected chi connectivity index (χ3v) is 1.86. The van der Waals surface area contributed by atoms with Crippen molar-refractivity contribution < 1.29 is 30.6 Å². The van der Waals surface area contributed by atoms with E-state index in [2.05, 4.69) is 4.74 Å². The van der Waals surface area contributed by atoms with Crippen molar-refractivity contribution >= 4 is 16.2 Å². The molecule has 0 saturated carbocycles. The number of rotatable bonds is 5. The molecule has 8 heteroatoms. The van der Waals surface area contributed by atoms with E-state index in [1.165, 1.54) is 6.92 Å². The molecule has 0 aromatic heterocycles. The van der Waals surface area contributed by atoms with Gasteiger partial charge in [-0.15, -0.1) is 3.89 Å². The average molecular weight is 234 g/mol. The zero-order valence-electron chi connectivity index (χ0n) is 7.30. The zero-order chi connectivity index (χ0) is 11.4. The van der Waals surface area contributed by atoms with Crippen LogP contribution in [0, 0.1) is 0 Å². The van der Waals surface area contributed by atoms with Gasteiger partial charge in [0.25, 0.3) is 5.92 Å². The first-order valence-electron chi connectivity index (χ1n) is 3.62. The van der Waals surface area contributed by atoms with E-state index in [1.807, 2.05) is 0 Å². The fourth-order valence-electron chi connectivity index (χ4n) is 0.726. The van der Waals surface area contributed by atoms with Crippen molar-refractivity contribution in [2.24, 2.45) is 0 Å². The lowest BCUT2D eigenvalue weighted by Crippen LogP contribution is -2.29. The summed E-state index contributed by atoms with van der Waals surface area (Å²) in [5.41, 5.74) is 0. The summed E-state index contributed by atoms with van der Waals surface area (Å²) in [7, 11) is -5.30. The number of halogens is 3. The Morgan fingerprint density at radius 1 is 1.43 bits per heavy atom. The van der Waals surface area contributed by atoms with Gasteiger partial charge < -0.3 is 4.74 Å². The maximum absolute atomic E-state index is 12.6. The lowest BCUT2D eigenvalue weighted by Gasteiger charge is -2.12. The molecule has 0 bridgehead atoms. The molecule has 0 aliphatic carbocycles. The van der Waals surface area contributed by atoms with Crippen molar-refractivity contribution in [1.82, 2.24) is 0 Å². The molecule has 0 saturated heterocycles. The molecule has 0 spiro atoms. The van der Waals surface area contributed by atoms with Crippen molar-refractivity contribution in [2.75, 3.05) is 12.4 Å². The first kappa shape index (κ1) is 13.2. The van der Waals surface area contributed by atoms with Crippen LogP contribution in [0.2, 0.25) is 0 Å². The summed E-state index contributed by atoms with van der Waals surface area (Å²) in [6.45, 7) is 1.30. The molecule has 0 atom stereocenters. The van der Waals surface area contributed by atoms with Crippen molar-refractivity contribution in [1.29, 1.82) is 0 Å². The van der Waals surface area contributed by atoms with Gasteiger partial charge in [0.1, 0.15) is 12.2 Å². The molecular formula is C6H9F3O4S. The third-order valence-electron chi connectivity index (χ3n) is 1.09. The number of ether oxygens (including phenoxy) is 1. The van der Waals surface area contributed by atoms with E-state index in [0.717, 1.165) is 0 Å². The van der Waals surface area contributed by atoms with Gasteiger partial charge in [-0.05, 0) is 6.92 Å². The molecule has 0 rings (SSSR count). The molecule has 0 unspecified atom stereocenters. The summed E-state index contributed by atoms with van der Waals surface area (Å²) in [4.78, 5) is 10.5. The van der Waals surface area contributed by atoms with Crippen LogP contribution in [0.3, 0.4) is 0 Å². The Morgan fingerprint density at radius 3 is 2.29 bits per heavy atom. The summed E-state index contributed by atoms with van der Waals surface area (Å²) in [6, 6.07) is 0. The van der Waals surface area contributed by atoms with E-state index in [1.54, 1.807) is 0 Å². The SMILES string of the molecule is CCOC(=O)CC(F)(F)CS(=O)(=O)F. The van der Waals surface area contributed by atoms with Gasteiger partial charge in [0.15, 0.2) is 0 Å². The van der Waals surface area contributed by atoms with E-state index in [9.17, 15) is 25.9 Å². The second kappa shape index (κ2) is 4.63. The predicted molar refractivity (Wildman–Crippen MR) is 41.1 cm³/mol. The summed E-state index contributed by atoms with van der Waals surface area (Å²) in [6.07, 6.45) is -1.44. The molecule has 0 aromatic rings. The zero-order valence-corrected chi connectivity index (χ0v) is 8.11. The van der Waals surface area contributed by atoms with Gasteiger partial charge in [-0.3, -0.25) is 4.79 Å². The minimum Gasteiger partial charge on any atom is -0.466 e. The van der Waals surface area contributed by atoms with Gasteiger partial charge in [-0.25, -0.2) is 8.78 Å². The monoisotopic (exact) mass is 234 g/mol. The molecule has 0 radical (unpaired) electrons. The second-order valence-electron chi connectivity index (χ2n) is 2.52. The summed E-state index contributed by atoms with van der Waals surface area (Å²) in [5.74, 6) is -7.19. The molecule has 0 aliphatic heterocycles. The Labute approximate surface area is 79.3 Å². The summed E-state index contributed by atoms with van der Waals surface area (Å²) >= 11 is 0. The highest BCUT2D eigenvalue weighted by atomic mass is 32.3. The highest BCUT2D eigenvalue weighted by molar-refractivity contribution is 7.86. The number of esters is 1. The maximum atomic E-state index is 12.6. The van der Waals surface area contributed by atoms with Crippen LogP contribution in [-0.4, -0.2) is 32.7 Å². The normalized spacial score (nSPS) is 12.6. The molecular weight excluding hydrogens is 225 g/mol. The summed E-state index contributed by atoms with van der Waals surface area (Å²) in [5, 5.41) is 0. The van der Waals surface area contributed by atoms with Crippen molar-refractivity contribution in [2.45, 2.75) is 19.3 Å². The van der Waals surface area contributed by atoms with E-state index >= 15 is 0 Å². The van der Waals surface area contributed by atoms with Crippen LogP contribution in [0.25, 0.3) is 0 Å². The molecule has 0 N–H and O–H groups in total. The predicted octanol–water partition coefficient (Wildman–Crippen LogP) is 0.874. The van der Waals surface area contributed by atoms with Crippen LogP contribution in [0.4, 0.5) is 12.7 Å². The van der Waals surface area contributed by atoms with Crippen LogP contribution >= 0.6 is 0 Å². The average Bonchev–Trinajstić information content (AvgIpc) is 1.78. The van der Waals surface area contributed by atoms with Crippen LogP contribution in [0.5, 0.6) is 0 Å². The van der Waals surface area contributed by atoms with Crippen molar-refractivity contribution in [3.8, 4) is 0 Å². The van der Waals surface area contributed by atoms with Gasteiger partial charge in [-0.2, -0.15) is 8.42 Å². The topological polar surface area (TPSA) is 60.4 Å². The minimum absolute atomic E-state index is 0.0999. The van der Waals surface area contributed by atoms with Gasteiger partial charge in [0.2, 0.25) is 0 Å². The Kier molecular flexibility index (Phi) is 4.37. The Bertz CT molecular complexity index is 298. The maximum Gasteiger partial charge on any atom is 0.311 e. The lowest BCUT2D eigenvalue weighted by molar-refractivity contribution is -0.149. The van der Waals surface area contributed by atoms with E-state index in [-0.39, 0.29) is 6.61 Å². The van der Waals surface area contributed by atoms with Crippen LogP contribution in [-0.2, 0) is 19.8 Å². The Hall–Kier alpha value is -0.790. The first-order valence-corrected chi connectivity index (χ1v) is 5.17. The largest absolute Gasteiger partial charge is 0.466 e. The van der Waals surface area contributed by atoms with Crippen LogP contribution in [0.15, 0.2) is 0 Å². The molecule has 0 heterocycles. The first-order chi connectivity index (χ1) is 6.16. The molecule has 14 heavy (non-hydrogen) atoms. The molecule has 0 aromatic carbocycles. The van der Waals surface area contributed by atoms with E-state index in [0.29, 0.717) is 0 Å². The lowest BCUT2D eigenvalue weighted by atomic mass is 10.3.